The zero-order valence-electron chi connectivity index (χ0n) is 15.1. The molecule has 5 nitrogen and oxygen atoms in total. The smallest absolute Gasteiger partial charge is 0.225 e. The summed E-state index contributed by atoms with van der Waals surface area (Å²) in [6.45, 7) is 6.94. The first-order valence-electron chi connectivity index (χ1n) is 8.45. The lowest BCUT2D eigenvalue weighted by atomic mass is 10.1. The van der Waals surface area contributed by atoms with E-state index in [1.807, 2.05) is 36.5 Å². The van der Waals surface area contributed by atoms with Crippen LogP contribution >= 0.6 is 15.9 Å². The summed E-state index contributed by atoms with van der Waals surface area (Å²) in [6, 6.07) is 14.1. The van der Waals surface area contributed by atoms with Gasteiger partial charge in [-0.1, -0.05) is 28.1 Å². The predicted octanol–water partition coefficient (Wildman–Crippen LogP) is 5.12. The average molecular weight is 412 g/mol. The molecule has 2 N–H and O–H groups in total. The van der Waals surface area contributed by atoms with E-state index in [1.54, 1.807) is 6.20 Å². The third-order valence-electron chi connectivity index (χ3n) is 3.56. The van der Waals surface area contributed by atoms with Gasteiger partial charge in [0.1, 0.15) is 5.82 Å². The highest BCUT2D eigenvalue weighted by atomic mass is 79.9. The minimum atomic E-state index is -0.128. The fraction of sp³-hybridized carbons (Fsp3) is 0.250. The van der Waals surface area contributed by atoms with E-state index in [0.717, 1.165) is 21.5 Å². The Kier molecular flexibility index (Phi) is 5.52. The number of aromatic nitrogens is 3. The van der Waals surface area contributed by atoms with E-state index < -0.39 is 0 Å². The van der Waals surface area contributed by atoms with Crippen LogP contribution in [-0.2, 0) is 6.54 Å². The number of pyridine rings is 1. The quantitative estimate of drug-likeness (QED) is 0.609. The van der Waals surface area contributed by atoms with Crippen molar-refractivity contribution in [1.82, 2.24) is 15.0 Å². The molecule has 0 atom stereocenters. The van der Waals surface area contributed by atoms with Gasteiger partial charge in [-0.25, -0.2) is 4.98 Å². The van der Waals surface area contributed by atoms with Crippen LogP contribution in [0.25, 0.3) is 11.3 Å². The van der Waals surface area contributed by atoms with Gasteiger partial charge in [0.2, 0.25) is 5.95 Å². The summed E-state index contributed by atoms with van der Waals surface area (Å²) in [4.78, 5) is 13.5. The van der Waals surface area contributed by atoms with Crippen molar-refractivity contribution in [3.63, 3.8) is 0 Å². The van der Waals surface area contributed by atoms with Crippen LogP contribution in [0.5, 0.6) is 0 Å². The van der Waals surface area contributed by atoms with Crippen LogP contribution in [0.3, 0.4) is 0 Å². The molecule has 0 bridgehead atoms. The molecule has 0 aliphatic rings. The number of benzene rings is 1. The maximum atomic E-state index is 4.65. The Labute approximate surface area is 162 Å². The topological polar surface area (TPSA) is 62.7 Å². The molecule has 1 aromatic carbocycles. The van der Waals surface area contributed by atoms with Crippen molar-refractivity contribution < 1.29 is 0 Å². The second-order valence-corrected chi connectivity index (χ2v) is 7.97. The van der Waals surface area contributed by atoms with E-state index in [1.165, 1.54) is 5.56 Å². The summed E-state index contributed by atoms with van der Waals surface area (Å²) in [5.41, 5.74) is 2.84. The molecule has 6 heteroatoms. The molecule has 0 aliphatic carbocycles. The first kappa shape index (κ1) is 18.3. The van der Waals surface area contributed by atoms with Gasteiger partial charge in [0, 0.05) is 40.6 Å². The van der Waals surface area contributed by atoms with Gasteiger partial charge in [-0.15, -0.1) is 0 Å². The highest BCUT2D eigenvalue weighted by Gasteiger charge is 2.14. The summed E-state index contributed by atoms with van der Waals surface area (Å²) in [5.74, 6) is 1.37. The number of hydrogen-bond acceptors (Lipinski definition) is 5. The fourth-order valence-electron chi connectivity index (χ4n) is 2.39. The Balaban J connectivity index is 1.87. The zero-order valence-corrected chi connectivity index (χ0v) is 16.7. The van der Waals surface area contributed by atoms with E-state index in [9.17, 15) is 0 Å². The van der Waals surface area contributed by atoms with Crippen molar-refractivity contribution in [2.75, 3.05) is 10.6 Å². The number of halogens is 1. The van der Waals surface area contributed by atoms with Gasteiger partial charge in [0.25, 0.3) is 0 Å². The fourth-order valence-corrected chi connectivity index (χ4v) is 2.65. The van der Waals surface area contributed by atoms with E-state index in [4.69, 9.17) is 0 Å². The Bertz CT molecular complexity index is 858. The first-order chi connectivity index (χ1) is 12.4. The highest BCUT2D eigenvalue weighted by molar-refractivity contribution is 9.10. The van der Waals surface area contributed by atoms with Crippen molar-refractivity contribution in [1.29, 1.82) is 0 Å². The van der Waals surface area contributed by atoms with Gasteiger partial charge in [0.05, 0.1) is 5.69 Å². The molecule has 2 heterocycles. The van der Waals surface area contributed by atoms with Crippen molar-refractivity contribution in [3.8, 4) is 11.3 Å². The third-order valence-corrected chi connectivity index (χ3v) is 4.09. The Morgan fingerprint density at radius 2 is 1.81 bits per heavy atom. The summed E-state index contributed by atoms with van der Waals surface area (Å²) in [7, 11) is 0. The summed E-state index contributed by atoms with van der Waals surface area (Å²) >= 11 is 3.46. The minimum Gasteiger partial charge on any atom is -0.366 e. The van der Waals surface area contributed by atoms with Gasteiger partial charge in [-0.2, -0.15) is 4.98 Å². The predicted molar refractivity (Wildman–Crippen MR) is 110 cm³/mol. The van der Waals surface area contributed by atoms with Crippen LogP contribution in [0.1, 0.15) is 26.3 Å². The van der Waals surface area contributed by atoms with Crippen molar-refractivity contribution in [3.05, 3.63) is 64.9 Å². The summed E-state index contributed by atoms with van der Waals surface area (Å²) in [5, 5.41) is 6.74. The maximum absolute atomic E-state index is 4.65. The summed E-state index contributed by atoms with van der Waals surface area (Å²) < 4.78 is 1.07. The molecule has 0 unspecified atom stereocenters. The number of nitrogens with one attached hydrogen (secondary N) is 2. The van der Waals surface area contributed by atoms with Crippen molar-refractivity contribution in [2.24, 2.45) is 0 Å². The molecule has 0 radical (unpaired) electrons. The van der Waals surface area contributed by atoms with Gasteiger partial charge < -0.3 is 10.6 Å². The lowest BCUT2D eigenvalue weighted by Gasteiger charge is -2.21. The van der Waals surface area contributed by atoms with Crippen LogP contribution in [-0.4, -0.2) is 20.5 Å². The molecule has 134 valence electrons. The molecule has 2 aromatic heterocycles. The van der Waals surface area contributed by atoms with Gasteiger partial charge in [0.15, 0.2) is 0 Å². The molecule has 3 aromatic rings. The number of rotatable bonds is 5. The van der Waals surface area contributed by atoms with Crippen LogP contribution in [0, 0.1) is 0 Å². The molecule has 0 aliphatic heterocycles. The van der Waals surface area contributed by atoms with Gasteiger partial charge >= 0.3 is 0 Å². The second kappa shape index (κ2) is 7.83. The first-order valence-corrected chi connectivity index (χ1v) is 9.24. The lowest BCUT2D eigenvalue weighted by Crippen LogP contribution is -2.27. The van der Waals surface area contributed by atoms with Gasteiger partial charge in [-0.3, -0.25) is 4.98 Å². The van der Waals surface area contributed by atoms with Gasteiger partial charge in [-0.05, 0) is 50.6 Å². The molecule has 26 heavy (non-hydrogen) atoms. The molecule has 0 amide bonds. The van der Waals surface area contributed by atoms with E-state index in [0.29, 0.717) is 12.5 Å². The van der Waals surface area contributed by atoms with Crippen LogP contribution in [0.4, 0.5) is 11.8 Å². The number of nitrogens with zero attached hydrogens (tertiary/aromatic N) is 3. The highest BCUT2D eigenvalue weighted by Crippen LogP contribution is 2.22. The Hall–Kier alpha value is -2.47. The van der Waals surface area contributed by atoms with Crippen LogP contribution < -0.4 is 10.6 Å². The van der Waals surface area contributed by atoms with Crippen molar-refractivity contribution >= 4 is 27.7 Å². The molecule has 0 saturated heterocycles. The van der Waals surface area contributed by atoms with E-state index in [-0.39, 0.29) is 5.54 Å². The molecular formula is C20H22BrN5. The largest absolute Gasteiger partial charge is 0.366 e. The molecule has 0 spiro atoms. The second-order valence-electron chi connectivity index (χ2n) is 7.06. The molecule has 0 fully saturated rings. The minimum absolute atomic E-state index is 0.128. The normalized spacial score (nSPS) is 11.2. The van der Waals surface area contributed by atoms with E-state index in [2.05, 4.69) is 74.4 Å². The Morgan fingerprint density at radius 3 is 2.46 bits per heavy atom. The zero-order chi connectivity index (χ0) is 18.6. The maximum Gasteiger partial charge on any atom is 0.225 e. The third kappa shape index (κ3) is 5.26. The van der Waals surface area contributed by atoms with Crippen molar-refractivity contribution in [2.45, 2.75) is 32.9 Å². The standard InChI is InChI=1S/C20H22BrN5/c1-20(2,3)26-19-24-17(15-5-4-10-22-13-15)11-18(25-19)23-12-14-6-8-16(21)9-7-14/h4-11,13H,12H2,1-3H3,(H2,23,24,25,26). The average Bonchev–Trinajstić information content (AvgIpc) is 2.60. The number of anilines is 2. The molecular weight excluding hydrogens is 390 g/mol. The lowest BCUT2D eigenvalue weighted by molar-refractivity contribution is 0.626. The SMILES string of the molecule is CC(C)(C)Nc1nc(NCc2ccc(Br)cc2)cc(-c2cccnc2)n1. The monoisotopic (exact) mass is 411 g/mol. The Morgan fingerprint density at radius 1 is 1.04 bits per heavy atom. The van der Waals surface area contributed by atoms with Crippen LogP contribution in [0.15, 0.2) is 59.3 Å². The molecule has 3 rings (SSSR count). The molecule has 0 saturated carbocycles. The number of hydrogen-bond donors (Lipinski definition) is 2. The van der Waals surface area contributed by atoms with Crippen LogP contribution in [0.2, 0.25) is 0 Å². The van der Waals surface area contributed by atoms with E-state index >= 15 is 0 Å². The summed E-state index contributed by atoms with van der Waals surface area (Å²) in [6.07, 6.45) is 3.56.